The molecule has 0 N–H and O–H groups in total. The number of hydrogen-bond donors (Lipinski definition) is 0. The minimum atomic E-state index is -0.418. The van der Waals surface area contributed by atoms with Crippen molar-refractivity contribution in [3.63, 3.8) is 0 Å². The molecule has 2 aromatic carbocycles. The molecule has 1 aromatic heterocycles. The molecular weight excluding hydrogens is 376 g/mol. The third-order valence-corrected chi connectivity index (χ3v) is 4.08. The van der Waals surface area contributed by atoms with E-state index in [-0.39, 0.29) is 13.0 Å². The molecule has 0 unspecified atom stereocenters. The zero-order valence-corrected chi connectivity index (χ0v) is 15.1. The van der Waals surface area contributed by atoms with Gasteiger partial charge in [-0.2, -0.15) is 0 Å². The zero-order valence-electron chi connectivity index (χ0n) is 13.6. The second-order valence-electron chi connectivity index (χ2n) is 5.61. The molecule has 0 amide bonds. The van der Waals surface area contributed by atoms with Gasteiger partial charge in [0.1, 0.15) is 12.4 Å². The summed E-state index contributed by atoms with van der Waals surface area (Å²) in [5.74, 6) is -0.0325. The van der Waals surface area contributed by atoms with Gasteiger partial charge in [-0.3, -0.25) is 4.79 Å². The van der Waals surface area contributed by atoms with Crippen molar-refractivity contribution < 1.29 is 13.9 Å². The van der Waals surface area contributed by atoms with Gasteiger partial charge >= 0.3 is 0 Å². The Morgan fingerprint density at radius 3 is 2.54 bits per heavy atom. The molecule has 0 aliphatic heterocycles. The minimum absolute atomic E-state index is 0.0518. The van der Waals surface area contributed by atoms with E-state index in [2.05, 4.69) is 4.98 Å². The molecule has 0 radical (unpaired) electrons. The van der Waals surface area contributed by atoms with Crippen molar-refractivity contribution in [1.29, 1.82) is 0 Å². The number of ether oxygens (including phenoxy) is 1. The van der Waals surface area contributed by atoms with Gasteiger partial charge < -0.3 is 4.74 Å². The molecule has 0 saturated carbocycles. The minimum Gasteiger partial charge on any atom is -0.473 e. The molecule has 0 aliphatic carbocycles. The molecule has 3 aromatic rings. The average molecular weight is 390 g/mol. The SMILES string of the molecule is O=C(Cl)Cc1ccc(-c2cccc(OCc3ccc(Cl)cc3F)n2)cc1. The number of nitrogens with zero attached hydrogens (tertiary/aromatic N) is 1. The first-order valence-corrected chi connectivity index (χ1v) is 8.58. The quantitative estimate of drug-likeness (QED) is 0.527. The Kier molecular flexibility index (Phi) is 5.86. The highest BCUT2D eigenvalue weighted by molar-refractivity contribution is 6.63. The van der Waals surface area contributed by atoms with Crippen LogP contribution < -0.4 is 4.74 Å². The molecular formula is C20H14Cl2FNO2. The molecule has 26 heavy (non-hydrogen) atoms. The van der Waals surface area contributed by atoms with E-state index in [1.165, 1.54) is 6.07 Å². The molecule has 0 saturated heterocycles. The Bertz CT molecular complexity index is 929. The van der Waals surface area contributed by atoms with Crippen LogP contribution >= 0.6 is 23.2 Å². The first-order chi connectivity index (χ1) is 12.5. The zero-order chi connectivity index (χ0) is 18.5. The Morgan fingerprint density at radius 2 is 1.85 bits per heavy atom. The number of hydrogen-bond acceptors (Lipinski definition) is 3. The summed E-state index contributed by atoms with van der Waals surface area (Å²) >= 11 is 11.1. The van der Waals surface area contributed by atoms with Crippen LogP contribution in [0.5, 0.6) is 5.88 Å². The van der Waals surface area contributed by atoms with Crippen molar-refractivity contribution in [3.8, 4) is 17.1 Å². The molecule has 3 nitrogen and oxygen atoms in total. The van der Waals surface area contributed by atoms with Gasteiger partial charge in [0.2, 0.25) is 11.1 Å². The molecule has 0 bridgehead atoms. The van der Waals surface area contributed by atoms with Gasteiger partial charge in [-0.15, -0.1) is 0 Å². The highest BCUT2D eigenvalue weighted by Crippen LogP contribution is 2.22. The second-order valence-corrected chi connectivity index (χ2v) is 6.47. The van der Waals surface area contributed by atoms with Crippen LogP contribution in [0.15, 0.2) is 60.7 Å². The number of aromatic nitrogens is 1. The highest BCUT2D eigenvalue weighted by Gasteiger charge is 2.07. The number of rotatable bonds is 6. The Balaban J connectivity index is 1.72. The fourth-order valence-corrected chi connectivity index (χ4v) is 2.71. The van der Waals surface area contributed by atoms with Crippen LogP contribution in [0.25, 0.3) is 11.3 Å². The highest BCUT2D eigenvalue weighted by atomic mass is 35.5. The van der Waals surface area contributed by atoms with Crippen molar-refractivity contribution in [2.45, 2.75) is 13.0 Å². The summed E-state index contributed by atoms with van der Waals surface area (Å²) in [5.41, 5.74) is 2.82. The molecule has 3 rings (SSSR count). The van der Waals surface area contributed by atoms with Crippen molar-refractivity contribution in [2.75, 3.05) is 0 Å². The topological polar surface area (TPSA) is 39.2 Å². The average Bonchev–Trinajstić information content (AvgIpc) is 2.61. The fraction of sp³-hybridized carbons (Fsp3) is 0.100. The van der Waals surface area contributed by atoms with E-state index < -0.39 is 11.1 Å². The number of carbonyl (C=O) groups is 1. The van der Waals surface area contributed by atoms with Crippen molar-refractivity contribution >= 4 is 28.4 Å². The van der Waals surface area contributed by atoms with Crippen LogP contribution in [0.4, 0.5) is 4.39 Å². The number of pyridine rings is 1. The van der Waals surface area contributed by atoms with Gasteiger partial charge in [0.25, 0.3) is 0 Å². The van der Waals surface area contributed by atoms with Crippen LogP contribution in [-0.4, -0.2) is 10.2 Å². The maximum atomic E-state index is 13.8. The Hall–Kier alpha value is -2.43. The van der Waals surface area contributed by atoms with E-state index in [1.54, 1.807) is 18.2 Å². The van der Waals surface area contributed by atoms with Crippen LogP contribution in [0.2, 0.25) is 5.02 Å². The van der Waals surface area contributed by atoms with Gasteiger partial charge in [-0.1, -0.05) is 48.0 Å². The summed E-state index contributed by atoms with van der Waals surface area (Å²) in [6.07, 6.45) is 0.186. The number of benzene rings is 2. The van der Waals surface area contributed by atoms with E-state index in [0.717, 1.165) is 11.1 Å². The Labute approximate surface area is 160 Å². The van der Waals surface area contributed by atoms with Crippen molar-refractivity contribution in [2.24, 2.45) is 0 Å². The molecule has 0 atom stereocenters. The third-order valence-electron chi connectivity index (χ3n) is 3.71. The molecule has 0 fully saturated rings. The first kappa shape index (κ1) is 18.4. The normalized spacial score (nSPS) is 10.6. The van der Waals surface area contributed by atoms with Crippen LogP contribution in [-0.2, 0) is 17.8 Å². The first-order valence-electron chi connectivity index (χ1n) is 7.83. The summed E-state index contributed by atoms with van der Waals surface area (Å²) in [6.45, 7) is 0.0518. The summed E-state index contributed by atoms with van der Waals surface area (Å²) in [6, 6.07) is 17.2. The van der Waals surface area contributed by atoms with Gasteiger partial charge in [0, 0.05) is 28.6 Å². The van der Waals surface area contributed by atoms with Crippen LogP contribution in [0.1, 0.15) is 11.1 Å². The monoisotopic (exact) mass is 389 g/mol. The van der Waals surface area contributed by atoms with Gasteiger partial charge in [-0.05, 0) is 35.4 Å². The summed E-state index contributed by atoms with van der Waals surface area (Å²) in [5, 5.41) is -0.0635. The van der Waals surface area contributed by atoms with E-state index >= 15 is 0 Å². The molecule has 132 valence electrons. The lowest BCUT2D eigenvalue weighted by Crippen LogP contribution is -2.00. The standard InChI is InChI=1S/C20H14Cl2FNO2/c21-16-9-8-15(17(23)11-16)12-26-20-3-1-2-18(24-20)14-6-4-13(5-7-14)10-19(22)25/h1-9,11H,10,12H2. The summed E-state index contributed by atoms with van der Waals surface area (Å²) in [4.78, 5) is 15.4. The smallest absolute Gasteiger partial charge is 0.226 e. The number of halogens is 3. The lowest BCUT2D eigenvalue weighted by atomic mass is 10.1. The molecule has 0 aliphatic rings. The van der Waals surface area contributed by atoms with E-state index in [0.29, 0.717) is 22.2 Å². The van der Waals surface area contributed by atoms with Crippen LogP contribution in [0, 0.1) is 5.82 Å². The third kappa shape index (κ3) is 4.81. The van der Waals surface area contributed by atoms with Gasteiger partial charge in [-0.25, -0.2) is 9.37 Å². The van der Waals surface area contributed by atoms with E-state index in [9.17, 15) is 9.18 Å². The predicted octanol–water partition coefficient (Wildman–Crippen LogP) is 5.43. The maximum absolute atomic E-state index is 13.8. The lowest BCUT2D eigenvalue weighted by Gasteiger charge is -2.08. The number of carbonyl (C=O) groups excluding carboxylic acids is 1. The maximum Gasteiger partial charge on any atom is 0.226 e. The summed E-state index contributed by atoms with van der Waals surface area (Å²) < 4.78 is 19.4. The van der Waals surface area contributed by atoms with E-state index in [1.807, 2.05) is 36.4 Å². The van der Waals surface area contributed by atoms with Gasteiger partial charge in [0.15, 0.2) is 0 Å². The van der Waals surface area contributed by atoms with Crippen LogP contribution in [0.3, 0.4) is 0 Å². The summed E-state index contributed by atoms with van der Waals surface area (Å²) in [7, 11) is 0. The van der Waals surface area contributed by atoms with Crippen molar-refractivity contribution in [1.82, 2.24) is 4.98 Å². The molecule has 0 spiro atoms. The fourth-order valence-electron chi connectivity index (χ4n) is 2.40. The Morgan fingerprint density at radius 1 is 1.08 bits per heavy atom. The predicted molar refractivity (Wildman–Crippen MR) is 100.0 cm³/mol. The molecule has 6 heteroatoms. The largest absolute Gasteiger partial charge is 0.473 e. The molecule has 1 heterocycles. The second kappa shape index (κ2) is 8.30. The van der Waals surface area contributed by atoms with E-state index in [4.69, 9.17) is 27.9 Å². The van der Waals surface area contributed by atoms with Gasteiger partial charge in [0.05, 0.1) is 5.69 Å². The van der Waals surface area contributed by atoms with Crippen molar-refractivity contribution in [3.05, 3.63) is 82.6 Å². The lowest BCUT2D eigenvalue weighted by molar-refractivity contribution is -0.111.